The van der Waals surface area contributed by atoms with Crippen LogP contribution in [-0.4, -0.2) is 40.3 Å². The SMILES string of the molecule is C.CC(C)OC(=O)[C@H](C)OC(=O)C1=C(CBr)NC(c2nccs2)=N[C@H]1c1ccc(F)cc1Br. The summed E-state index contributed by atoms with van der Waals surface area (Å²) in [7, 11) is 0. The Balaban J connectivity index is 0.00000385. The fourth-order valence-electron chi connectivity index (χ4n) is 2.94. The molecule has 0 spiro atoms. The van der Waals surface area contributed by atoms with Gasteiger partial charge in [-0.1, -0.05) is 45.4 Å². The predicted octanol–water partition coefficient (Wildman–Crippen LogP) is 5.30. The minimum absolute atomic E-state index is 0. The highest BCUT2D eigenvalue weighted by atomic mass is 79.9. The van der Waals surface area contributed by atoms with Gasteiger partial charge in [0.05, 0.1) is 11.7 Å². The van der Waals surface area contributed by atoms with Gasteiger partial charge in [-0.25, -0.2) is 19.0 Å². The smallest absolute Gasteiger partial charge is 0.347 e. The van der Waals surface area contributed by atoms with Crippen LogP contribution in [0, 0.1) is 5.82 Å². The third kappa shape index (κ3) is 6.48. The quantitative estimate of drug-likeness (QED) is 0.341. The van der Waals surface area contributed by atoms with Crippen molar-refractivity contribution in [3.63, 3.8) is 0 Å². The van der Waals surface area contributed by atoms with Crippen molar-refractivity contribution < 1.29 is 23.5 Å². The number of rotatable bonds is 7. The van der Waals surface area contributed by atoms with Crippen molar-refractivity contribution in [2.45, 2.75) is 46.4 Å². The van der Waals surface area contributed by atoms with E-state index < -0.39 is 29.9 Å². The largest absolute Gasteiger partial charge is 0.460 e. The molecular formula is C22H24Br2FN3O4S. The molecule has 0 radical (unpaired) electrons. The lowest BCUT2D eigenvalue weighted by Crippen LogP contribution is -2.36. The fraction of sp³-hybridized carbons (Fsp3) is 0.364. The van der Waals surface area contributed by atoms with E-state index in [0.717, 1.165) is 0 Å². The molecule has 3 rings (SSSR count). The molecular weight excluding hydrogens is 581 g/mol. The molecule has 1 aromatic heterocycles. The molecule has 7 nitrogen and oxygen atoms in total. The van der Waals surface area contributed by atoms with Crippen LogP contribution in [0.3, 0.4) is 0 Å². The second-order valence-electron chi connectivity index (χ2n) is 7.07. The zero-order valence-electron chi connectivity index (χ0n) is 17.4. The van der Waals surface area contributed by atoms with Crippen LogP contribution in [-0.2, 0) is 19.1 Å². The average molecular weight is 605 g/mol. The predicted molar refractivity (Wildman–Crippen MR) is 133 cm³/mol. The Kier molecular flexibility index (Phi) is 9.74. The van der Waals surface area contributed by atoms with Crippen LogP contribution >= 0.6 is 43.2 Å². The number of aromatic nitrogens is 1. The van der Waals surface area contributed by atoms with Gasteiger partial charge < -0.3 is 14.8 Å². The van der Waals surface area contributed by atoms with Crippen molar-refractivity contribution in [2.75, 3.05) is 5.33 Å². The molecule has 1 aliphatic heterocycles. The lowest BCUT2D eigenvalue weighted by atomic mass is 9.96. The highest BCUT2D eigenvalue weighted by Gasteiger charge is 2.35. The number of hydrogen-bond acceptors (Lipinski definition) is 8. The highest BCUT2D eigenvalue weighted by Crippen LogP contribution is 2.37. The van der Waals surface area contributed by atoms with Gasteiger partial charge in [-0.15, -0.1) is 11.3 Å². The van der Waals surface area contributed by atoms with Crippen molar-refractivity contribution in [2.24, 2.45) is 4.99 Å². The van der Waals surface area contributed by atoms with Crippen LogP contribution in [0.4, 0.5) is 4.39 Å². The van der Waals surface area contributed by atoms with E-state index in [1.165, 1.54) is 30.4 Å². The third-order valence-electron chi connectivity index (χ3n) is 4.34. The minimum atomic E-state index is -1.12. The van der Waals surface area contributed by atoms with Crippen molar-refractivity contribution in [1.29, 1.82) is 0 Å². The summed E-state index contributed by atoms with van der Waals surface area (Å²) in [6, 6.07) is 3.32. The average Bonchev–Trinajstić information content (AvgIpc) is 3.27. The second kappa shape index (κ2) is 11.8. The van der Waals surface area contributed by atoms with Crippen LogP contribution < -0.4 is 5.32 Å². The van der Waals surface area contributed by atoms with Crippen molar-refractivity contribution in [3.05, 3.63) is 61.9 Å². The third-order valence-corrected chi connectivity index (χ3v) is 6.37. The zero-order chi connectivity index (χ0) is 23.4. The van der Waals surface area contributed by atoms with Crippen molar-refractivity contribution in [1.82, 2.24) is 10.3 Å². The molecule has 33 heavy (non-hydrogen) atoms. The van der Waals surface area contributed by atoms with Gasteiger partial charge in [0, 0.05) is 27.1 Å². The van der Waals surface area contributed by atoms with E-state index in [-0.39, 0.29) is 24.4 Å². The molecule has 11 heteroatoms. The summed E-state index contributed by atoms with van der Waals surface area (Å²) in [5.74, 6) is -1.34. The molecule has 178 valence electrons. The number of thiazole rings is 1. The van der Waals surface area contributed by atoms with Gasteiger partial charge in [-0.2, -0.15) is 0 Å². The zero-order valence-corrected chi connectivity index (χ0v) is 21.4. The molecule has 0 amide bonds. The van der Waals surface area contributed by atoms with E-state index in [9.17, 15) is 14.0 Å². The summed E-state index contributed by atoms with van der Waals surface area (Å²) in [6.45, 7) is 4.86. The molecule has 0 aliphatic carbocycles. The van der Waals surface area contributed by atoms with E-state index in [4.69, 9.17) is 14.5 Å². The molecule has 0 unspecified atom stereocenters. The van der Waals surface area contributed by atoms with E-state index in [1.54, 1.807) is 26.1 Å². The Morgan fingerprint density at radius 1 is 1.27 bits per heavy atom. The minimum Gasteiger partial charge on any atom is -0.460 e. The van der Waals surface area contributed by atoms with Gasteiger partial charge in [0.25, 0.3) is 0 Å². The van der Waals surface area contributed by atoms with E-state index in [0.29, 0.717) is 26.6 Å². The molecule has 0 fully saturated rings. The molecule has 1 N–H and O–H groups in total. The number of hydrogen-bond donors (Lipinski definition) is 1. The van der Waals surface area contributed by atoms with Gasteiger partial charge in [0.15, 0.2) is 16.9 Å². The first-order valence-electron chi connectivity index (χ1n) is 9.61. The Labute approximate surface area is 212 Å². The fourth-order valence-corrected chi connectivity index (χ4v) is 4.54. The van der Waals surface area contributed by atoms with Crippen LogP contribution in [0.15, 0.2) is 50.5 Å². The number of carbonyl (C=O) groups excluding carboxylic acids is 2. The summed E-state index contributed by atoms with van der Waals surface area (Å²) in [5, 5.41) is 5.85. The van der Waals surface area contributed by atoms with Gasteiger partial charge in [0.2, 0.25) is 0 Å². The summed E-state index contributed by atoms with van der Waals surface area (Å²) in [4.78, 5) is 34.3. The Bertz CT molecular complexity index is 1070. The Morgan fingerprint density at radius 2 is 2.00 bits per heavy atom. The number of carbonyl (C=O) groups is 2. The number of halogens is 3. The Hall–Kier alpha value is -2.11. The normalized spacial score (nSPS) is 16.5. The number of nitrogens with zero attached hydrogens (tertiary/aromatic N) is 2. The molecule has 1 aliphatic rings. The van der Waals surface area contributed by atoms with Gasteiger partial charge in [-0.3, -0.25) is 4.99 Å². The molecule has 2 heterocycles. The first-order chi connectivity index (χ1) is 15.2. The number of amidine groups is 1. The van der Waals surface area contributed by atoms with E-state index in [1.807, 2.05) is 5.38 Å². The standard InChI is InChI=1S/C21H20Br2FN3O4S.CH4/c1-10(2)30-20(28)11(3)31-21(29)16-15(9-22)26-18(19-25-6-7-32-19)27-17(16)13-5-4-12(24)8-14(13)23;/h4-8,10-11,17H,9H2,1-3H3,(H,26,27);1H4/t11-,17-;/m0./s1. The van der Waals surface area contributed by atoms with Crippen LogP contribution in [0.1, 0.15) is 44.8 Å². The van der Waals surface area contributed by atoms with Gasteiger partial charge in [0.1, 0.15) is 11.9 Å². The number of alkyl halides is 1. The van der Waals surface area contributed by atoms with E-state index in [2.05, 4.69) is 42.2 Å². The molecule has 0 saturated carbocycles. The van der Waals surface area contributed by atoms with Gasteiger partial charge >= 0.3 is 11.9 Å². The summed E-state index contributed by atoms with van der Waals surface area (Å²) >= 11 is 8.16. The first-order valence-corrected chi connectivity index (χ1v) is 12.4. The number of ether oxygens (including phenoxy) is 2. The van der Waals surface area contributed by atoms with Crippen LogP contribution in [0.2, 0.25) is 0 Å². The number of allylic oxidation sites excluding steroid dienone is 1. The molecule has 2 aromatic rings. The summed E-state index contributed by atoms with van der Waals surface area (Å²) in [6.07, 6.45) is 0.192. The molecule has 0 bridgehead atoms. The second-order valence-corrected chi connectivity index (χ2v) is 9.38. The number of nitrogens with one attached hydrogen (secondary N) is 1. The number of esters is 2. The van der Waals surface area contributed by atoms with Crippen LogP contribution in [0.5, 0.6) is 0 Å². The van der Waals surface area contributed by atoms with E-state index >= 15 is 0 Å². The number of aliphatic imine (C=N–C) groups is 1. The highest BCUT2D eigenvalue weighted by molar-refractivity contribution is 9.10. The Morgan fingerprint density at radius 3 is 2.58 bits per heavy atom. The molecule has 1 aromatic carbocycles. The maximum Gasteiger partial charge on any atom is 0.347 e. The summed E-state index contributed by atoms with van der Waals surface area (Å²) < 4.78 is 24.7. The maximum absolute atomic E-state index is 13.7. The van der Waals surface area contributed by atoms with Gasteiger partial charge in [-0.05, 0) is 38.5 Å². The lowest BCUT2D eigenvalue weighted by Gasteiger charge is -2.27. The molecule has 0 saturated heterocycles. The topological polar surface area (TPSA) is 89.9 Å². The maximum atomic E-state index is 13.7. The summed E-state index contributed by atoms with van der Waals surface area (Å²) in [5.41, 5.74) is 1.25. The monoisotopic (exact) mass is 603 g/mol. The van der Waals surface area contributed by atoms with Crippen LogP contribution in [0.25, 0.3) is 0 Å². The van der Waals surface area contributed by atoms with Crippen molar-refractivity contribution in [3.8, 4) is 0 Å². The first kappa shape index (κ1) is 27.1. The lowest BCUT2D eigenvalue weighted by molar-refractivity contribution is -0.167. The number of benzene rings is 1. The van der Waals surface area contributed by atoms with Crippen molar-refractivity contribution >= 4 is 61.0 Å². The molecule has 2 atom stereocenters.